The molecule has 3 heterocycles. The quantitative estimate of drug-likeness (QED) is 0.876. The zero-order valence-electron chi connectivity index (χ0n) is 13.1. The van der Waals surface area contributed by atoms with Gasteiger partial charge in [-0.3, -0.25) is 4.79 Å². The predicted molar refractivity (Wildman–Crippen MR) is 79.0 cm³/mol. The van der Waals surface area contributed by atoms with Gasteiger partial charge in [0.15, 0.2) is 5.82 Å². The zero-order valence-corrected chi connectivity index (χ0v) is 13.1. The lowest BCUT2D eigenvalue weighted by molar-refractivity contribution is -0.139. The molecule has 1 amide bonds. The fraction of sp³-hybridized carbons (Fsp3) is 0.800. The molecule has 0 aliphatic carbocycles. The summed E-state index contributed by atoms with van der Waals surface area (Å²) in [4.78, 5) is 14.6. The van der Waals surface area contributed by atoms with Crippen molar-refractivity contribution in [3.63, 3.8) is 0 Å². The Hall–Kier alpha value is -1.47. The molecule has 7 heteroatoms. The Kier molecular flexibility index (Phi) is 4.73. The van der Waals surface area contributed by atoms with Crippen LogP contribution >= 0.6 is 0 Å². The molecule has 7 nitrogen and oxygen atoms in total. The average Bonchev–Trinajstić information content (AvgIpc) is 2.96. The molecule has 2 aliphatic rings. The first kappa shape index (κ1) is 15.4. The van der Waals surface area contributed by atoms with E-state index < -0.39 is 0 Å². The van der Waals surface area contributed by atoms with Crippen molar-refractivity contribution < 1.29 is 14.6 Å². The second kappa shape index (κ2) is 6.75. The number of rotatable bonds is 3. The molecule has 2 aliphatic heterocycles. The fourth-order valence-electron chi connectivity index (χ4n) is 3.46. The van der Waals surface area contributed by atoms with Crippen LogP contribution in [0.5, 0.6) is 0 Å². The Balaban J connectivity index is 1.68. The Morgan fingerprint density at radius 3 is 2.77 bits per heavy atom. The summed E-state index contributed by atoms with van der Waals surface area (Å²) in [5, 5.41) is 17.5. The summed E-state index contributed by atoms with van der Waals surface area (Å²) < 4.78 is 7.20. The van der Waals surface area contributed by atoms with Gasteiger partial charge in [0, 0.05) is 45.2 Å². The van der Waals surface area contributed by atoms with Crippen molar-refractivity contribution >= 4 is 5.91 Å². The van der Waals surface area contributed by atoms with Crippen LogP contribution < -0.4 is 0 Å². The monoisotopic (exact) mass is 308 g/mol. The van der Waals surface area contributed by atoms with Crippen molar-refractivity contribution in [1.29, 1.82) is 0 Å². The zero-order chi connectivity index (χ0) is 15.5. The van der Waals surface area contributed by atoms with E-state index in [1.54, 1.807) is 0 Å². The van der Waals surface area contributed by atoms with E-state index in [-0.39, 0.29) is 24.3 Å². The van der Waals surface area contributed by atoms with Crippen molar-refractivity contribution in [2.24, 2.45) is 13.0 Å². The van der Waals surface area contributed by atoms with Crippen LogP contribution in [0, 0.1) is 5.92 Å². The largest absolute Gasteiger partial charge is 0.388 e. The van der Waals surface area contributed by atoms with Crippen LogP contribution in [0.15, 0.2) is 0 Å². The number of amides is 1. The van der Waals surface area contributed by atoms with E-state index in [1.165, 1.54) is 0 Å². The summed E-state index contributed by atoms with van der Waals surface area (Å²) in [6.45, 7) is 2.81. The van der Waals surface area contributed by atoms with E-state index in [0.29, 0.717) is 25.6 Å². The number of likely N-dealkylation sites (tertiary alicyclic amines) is 1. The topological polar surface area (TPSA) is 80.5 Å². The third-order valence-electron chi connectivity index (χ3n) is 4.81. The molecule has 1 N–H and O–H groups in total. The maximum Gasteiger partial charge on any atom is 0.225 e. The lowest BCUT2D eigenvalue weighted by Gasteiger charge is -2.35. The average molecular weight is 308 g/mol. The summed E-state index contributed by atoms with van der Waals surface area (Å²) in [5.41, 5.74) is 0. The molecule has 2 saturated heterocycles. The molecule has 0 aromatic carbocycles. The number of ether oxygens (including phenoxy) is 1. The molecule has 1 atom stereocenters. The van der Waals surface area contributed by atoms with Crippen molar-refractivity contribution in [3.05, 3.63) is 11.6 Å². The molecule has 1 aromatic heterocycles. The molecule has 1 aromatic rings. The summed E-state index contributed by atoms with van der Waals surface area (Å²) in [6.07, 6.45) is 3.66. The number of carbonyl (C=O) groups excluding carboxylic acids is 1. The van der Waals surface area contributed by atoms with Gasteiger partial charge >= 0.3 is 0 Å². The van der Waals surface area contributed by atoms with Crippen molar-refractivity contribution in [2.75, 3.05) is 26.3 Å². The first-order valence-electron chi connectivity index (χ1n) is 8.06. The molecule has 2 fully saturated rings. The summed E-state index contributed by atoms with van der Waals surface area (Å²) in [6, 6.07) is 0. The Morgan fingerprint density at radius 2 is 2.09 bits per heavy atom. The third kappa shape index (κ3) is 3.01. The first-order valence-corrected chi connectivity index (χ1v) is 8.06. The number of piperidine rings is 1. The number of aliphatic hydroxyl groups excluding tert-OH is 1. The maximum absolute atomic E-state index is 12.7. The van der Waals surface area contributed by atoms with E-state index >= 15 is 0 Å². The van der Waals surface area contributed by atoms with Gasteiger partial charge in [-0.25, -0.2) is 0 Å². The van der Waals surface area contributed by atoms with Crippen LogP contribution in [0.4, 0.5) is 0 Å². The molecular weight excluding hydrogens is 284 g/mol. The first-order chi connectivity index (χ1) is 10.7. The van der Waals surface area contributed by atoms with Gasteiger partial charge in [0.05, 0.1) is 0 Å². The number of aliphatic hydroxyl groups is 1. The Bertz CT molecular complexity index is 525. The maximum atomic E-state index is 12.7. The highest BCUT2D eigenvalue weighted by atomic mass is 16.5. The molecular formula is C15H24N4O3. The highest BCUT2D eigenvalue weighted by Gasteiger charge is 2.32. The molecule has 122 valence electrons. The molecule has 1 unspecified atom stereocenters. The second-order valence-electron chi connectivity index (χ2n) is 6.20. The number of hydrogen-bond donors (Lipinski definition) is 1. The number of aromatic nitrogens is 3. The van der Waals surface area contributed by atoms with Crippen LogP contribution in [0.1, 0.15) is 43.3 Å². The summed E-state index contributed by atoms with van der Waals surface area (Å²) in [5.74, 6) is 2.02. The van der Waals surface area contributed by atoms with Gasteiger partial charge in [0.25, 0.3) is 0 Å². The number of hydrogen-bond acceptors (Lipinski definition) is 5. The normalized spacial score (nSPS) is 23.7. The van der Waals surface area contributed by atoms with Crippen molar-refractivity contribution in [2.45, 2.75) is 38.2 Å². The minimum Gasteiger partial charge on any atom is -0.388 e. The predicted octanol–water partition coefficient (Wildman–Crippen LogP) is 0.440. The van der Waals surface area contributed by atoms with Gasteiger partial charge in [-0.15, -0.1) is 10.2 Å². The standard InChI is InChI=1S/C15H24N4O3/c1-18-13(10-20)16-17-14(18)12-3-2-6-19(9-12)15(21)11-4-7-22-8-5-11/h11-12,20H,2-10H2,1H3. The van der Waals surface area contributed by atoms with Gasteiger partial charge in [-0.1, -0.05) is 0 Å². The molecule has 0 bridgehead atoms. The van der Waals surface area contributed by atoms with Crippen molar-refractivity contribution in [3.8, 4) is 0 Å². The Morgan fingerprint density at radius 1 is 1.32 bits per heavy atom. The highest BCUT2D eigenvalue weighted by Crippen LogP contribution is 2.28. The van der Waals surface area contributed by atoms with Gasteiger partial charge in [0.1, 0.15) is 12.4 Å². The van der Waals surface area contributed by atoms with Gasteiger partial charge in [0.2, 0.25) is 5.91 Å². The van der Waals surface area contributed by atoms with E-state index in [2.05, 4.69) is 10.2 Å². The number of carbonyl (C=O) groups is 1. The van der Waals surface area contributed by atoms with Crippen molar-refractivity contribution in [1.82, 2.24) is 19.7 Å². The van der Waals surface area contributed by atoms with Crippen LogP contribution in [0.25, 0.3) is 0 Å². The number of nitrogens with zero attached hydrogens (tertiary/aromatic N) is 4. The fourth-order valence-corrected chi connectivity index (χ4v) is 3.46. The van der Waals surface area contributed by atoms with Gasteiger partial charge in [-0.05, 0) is 25.7 Å². The van der Waals surface area contributed by atoms with Crippen LogP contribution in [0.3, 0.4) is 0 Å². The summed E-state index contributed by atoms with van der Waals surface area (Å²) >= 11 is 0. The lowest BCUT2D eigenvalue weighted by atomic mass is 9.93. The smallest absolute Gasteiger partial charge is 0.225 e. The molecule has 22 heavy (non-hydrogen) atoms. The SMILES string of the molecule is Cn1c(CO)nnc1C1CCCN(C(=O)C2CCOCC2)C1. The van der Waals surface area contributed by atoms with E-state index in [0.717, 1.165) is 38.1 Å². The van der Waals surface area contributed by atoms with Crippen LogP contribution in [0.2, 0.25) is 0 Å². The third-order valence-corrected chi connectivity index (χ3v) is 4.81. The van der Waals surface area contributed by atoms with E-state index in [4.69, 9.17) is 4.74 Å². The molecule has 0 spiro atoms. The van der Waals surface area contributed by atoms with E-state index in [1.807, 2.05) is 16.5 Å². The van der Waals surface area contributed by atoms with Gasteiger partial charge < -0.3 is 19.3 Å². The Labute approximate surface area is 130 Å². The van der Waals surface area contributed by atoms with Gasteiger partial charge in [-0.2, -0.15) is 0 Å². The molecule has 3 rings (SSSR count). The highest BCUT2D eigenvalue weighted by molar-refractivity contribution is 5.79. The minimum absolute atomic E-state index is 0.110. The second-order valence-corrected chi connectivity index (χ2v) is 6.20. The molecule has 0 saturated carbocycles. The van der Waals surface area contributed by atoms with Crippen LogP contribution in [-0.2, 0) is 23.2 Å². The minimum atomic E-state index is -0.110. The molecule has 0 radical (unpaired) electrons. The van der Waals surface area contributed by atoms with Crippen LogP contribution in [-0.4, -0.2) is 57.0 Å². The summed E-state index contributed by atoms with van der Waals surface area (Å²) in [7, 11) is 1.88. The van der Waals surface area contributed by atoms with E-state index in [9.17, 15) is 9.90 Å². The lowest BCUT2D eigenvalue weighted by Crippen LogP contribution is -2.44.